The molecule has 22 heavy (non-hydrogen) atoms. The monoisotopic (exact) mass is 301 g/mol. The lowest BCUT2D eigenvalue weighted by Gasteiger charge is -2.33. The number of rotatable bonds is 6. The molecule has 1 atom stereocenters. The standard InChI is InChI=1S/C17H23N3O2/c1-12(2)16(11-21)20(10-14-7-5-4-6-8-14)17(22)15-9-13(3)18-19-15/h4-9,12,16,21H,10-11H2,1-3H3,(H,18,19)/t16-/m0/s1. The van der Waals surface area contributed by atoms with E-state index < -0.39 is 0 Å². The Morgan fingerprint density at radius 3 is 2.50 bits per heavy atom. The molecule has 1 aromatic carbocycles. The Balaban J connectivity index is 2.30. The fourth-order valence-corrected chi connectivity index (χ4v) is 2.46. The van der Waals surface area contributed by atoms with Gasteiger partial charge in [0.15, 0.2) is 0 Å². The van der Waals surface area contributed by atoms with Crippen LogP contribution in [0.1, 0.15) is 35.6 Å². The van der Waals surface area contributed by atoms with Gasteiger partial charge < -0.3 is 10.0 Å². The summed E-state index contributed by atoms with van der Waals surface area (Å²) in [7, 11) is 0. The van der Waals surface area contributed by atoms with Crippen molar-refractivity contribution in [2.45, 2.75) is 33.4 Å². The molecule has 0 bridgehead atoms. The minimum absolute atomic E-state index is 0.0698. The first-order valence-electron chi connectivity index (χ1n) is 7.50. The summed E-state index contributed by atoms with van der Waals surface area (Å²) in [6, 6.07) is 11.3. The van der Waals surface area contributed by atoms with Crippen molar-refractivity contribution >= 4 is 5.91 Å². The van der Waals surface area contributed by atoms with Crippen molar-refractivity contribution in [3.8, 4) is 0 Å². The van der Waals surface area contributed by atoms with Crippen molar-refractivity contribution in [2.24, 2.45) is 5.92 Å². The number of aliphatic hydroxyl groups excluding tert-OH is 1. The second kappa shape index (κ2) is 7.22. The zero-order chi connectivity index (χ0) is 16.1. The largest absolute Gasteiger partial charge is 0.394 e. The van der Waals surface area contributed by atoms with Crippen LogP contribution in [0.3, 0.4) is 0 Å². The Bertz CT molecular complexity index is 607. The topological polar surface area (TPSA) is 69.2 Å². The molecule has 0 radical (unpaired) electrons. The van der Waals surface area contributed by atoms with Crippen LogP contribution in [0.2, 0.25) is 0 Å². The minimum Gasteiger partial charge on any atom is -0.394 e. The molecular formula is C17H23N3O2. The molecular weight excluding hydrogens is 278 g/mol. The van der Waals surface area contributed by atoms with Gasteiger partial charge in [0.1, 0.15) is 5.69 Å². The number of H-pyrrole nitrogens is 1. The highest BCUT2D eigenvalue weighted by Gasteiger charge is 2.28. The number of aromatic nitrogens is 2. The van der Waals surface area contributed by atoms with Gasteiger partial charge in [0.2, 0.25) is 0 Å². The molecule has 2 N–H and O–H groups in total. The summed E-state index contributed by atoms with van der Waals surface area (Å²) in [6.45, 7) is 6.25. The maximum atomic E-state index is 12.8. The van der Waals surface area contributed by atoms with E-state index in [1.54, 1.807) is 11.0 Å². The quantitative estimate of drug-likeness (QED) is 0.860. The molecule has 0 fully saturated rings. The van der Waals surface area contributed by atoms with Gasteiger partial charge in [0.05, 0.1) is 12.6 Å². The van der Waals surface area contributed by atoms with Crippen LogP contribution in [-0.2, 0) is 6.54 Å². The van der Waals surface area contributed by atoms with E-state index in [0.717, 1.165) is 11.3 Å². The third kappa shape index (κ3) is 3.74. The van der Waals surface area contributed by atoms with Crippen LogP contribution >= 0.6 is 0 Å². The highest BCUT2D eigenvalue weighted by atomic mass is 16.3. The Morgan fingerprint density at radius 1 is 1.32 bits per heavy atom. The number of carbonyl (C=O) groups is 1. The molecule has 0 unspecified atom stereocenters. The lowest BCUT2D eigenvalue weighted by atomic mass is 10.0. The SMILES string of the molecule is Cc1cc(C(=O)N(Cc2ccccc2)[C@@H](CO)C(C)C)n[nH]1. The van der Waals surface area contributed by atoms with Gasteiger partial charge in [-0.25, -0.2) is 0 Å². The molecule has 118 valence electrons. The second-order valence-corrected chi connectivity index (χ2v) is 5.85. The average Bonchev–Trinajstić information content (AvgIpc) is 2.93. The number of aliphatic hydroxyl groups is 1. The molecule has 2 rings (SSSR count). The van der Waals surface area contributed by atoms with Crippen LogP contribution in [0.15, 0.2) is 36.4 Å². The molecule has 1 heterocycles. The van der Waals surface area contributed by atoms with Crippen molar-refractivity contribution < 1.29 is 9.90 Å². The second-order valence-electron chi connectivity index (χ2n) is 5.85. The first kappa shape index (κ1) is 16.2. The predicted molar refractivity (Wildman–Crippen MR) is 85.4 cm³/mol. The Hall–Kier alpha value is -2.14. The molecule has 0 aliphatic heterocycles. The van der Waals surface area contributed by atoms with Crippen molar-refractivity contribution in [1.82, 2.24) is 15.1 Å². The summed E-state index contributed by atoms with van der Waals surface area (Å²) in [5, 5.41) is 16.6. The third-order valence-electron chi connectivity index (χ3n) is 3.74. The van der Waals surface area contributed by atoms with Gasteiger partial charge in [0, 0.05) is 12.2 Å². The van der Waals surface area contributed by atoms with Crippen LogP contribution in [0.5, 0.6) is 0 Å². The molecule has 5 nitrogen and oxygen atoms in total. The number of hydrogen-bond acceptors (Lipinski definition) is 3. The van der Waals surface area contributed by atoms with Gasteiger partial charge in [-0.3, -0.25) is 9.89 Å². The van der Waals surface area contributed by atoms with E-state index in [0.29, 0.717) is 12.2 Å². The van der Waals surface area contributed by atoms with E-state index in [2.05, 4.69) is 10.2 Å². The summed E-state index contributed by atoms with van der Waals surface area (Å²) in [6.07, 6.45) is 0. The van der Waals surface area contributed by atoms with E-state index >= 15 is 0 Å². The lowest BCUT2D eigenvalue weighted by molar-refractivity contribution is 0.0476. The van der Waals surface area contributed by atoms with Crippen LogP contribution in [0.25, 0.3) is 0 Å². The van der Waals surface area contributed by atoms with Gasteiger partial charge in [-0.15, -0.1) is 0 Å². The van der Waals surface area contributed by atoms with Gasteiger partial charge >= 0.3 is 0 Å². The number of hydrogen-bond donors (Lipinski definition) is 2. The summed E-state index contributed by atoms with van der Waals surface area (Å²) in [5.41, 5.74) is 2.25. The molecule has 0 aliphatic carbocycles. The minimum atomic E-state index is -0.246. The highest BCUT2D eigenvalue weighted by Crippen LogP contribution is 2.18. The fraction of sp³-hybridized carbons (Fsp3) is 0.412. The van der Waals surface area contributed by atoms with E-state index in [1.807, 2.05) is 51.1 Å². The predicted octanol–water partition coefficient (Wildman–Crippen LogP) is 2.38. The summed E-state index contributed by atoms with van der Waals surface area (Å²) in [4.78, 5) is 14.5. The number of benzene rings is 1. The van der Waals surface area contributed by atoms with E-state index in [4.69, 9.17) is 0 Å². The zero-order valence-corrected chi connectivity index (χ0v) is 13.3. The van der Waals surface area contributed by atoms with Crippen LogP contribution < -0.4 is 0 Å². The van der Waals surface area contributed by atoms with Crippen molar-refractivity contribution in [3.05, 3.63) is 53.3 Å². The lowest BCUT2D eigenvalue weighted by Crippen LogP contribution is -2.45. The van der Waals surface area contributed by atoms with Crippen molar-refractivity contribution in [3.63, 3.8) is 0 Å². The third-order valence-corrected chi connectivity index (χ3v) is 3.74. The molecule has 1 aromatic heterocycles. The molecule has 2 aromatic rings. The van der Waals surface area contributed by atoms with E-state index in [1.165, 1.54) is 0 Å². The highest BCUT2D eigenvalue weighted by molar-refractivity contribution is 5.92. The summed E-state index contributed by atoms with van der Waals surface area (Å²) >= 11 is 0. The molecule has 0 saturated heterocycles. The van der Waals surface area contributed by atoms with E-state index in [-0.39, 0.29) is 24.5 Å². The van der Waals surface area contributed by atoms with Gasteiger partial charge in [0.25, 0.3) is 5.91 Å². The van der Waals surface area contributed by atoms with Crippen LogP contribution in [-0.4, -0.2) is 38.8 Å². The van der Waals surface area contributed by atoms with Crippen molar-refractivity contribution in [1.29, 1.82) is 0 Å². The number of carbonyl (C=O) groups excluding carboxylic acids is 1. The smallest absolute Gasteiger partial charge is 0.274 e. The van der Waals surface area contributed by atoms with Crippen LogP contribution in [0, 0.1) is 12.8 Å². The molecule has 0 aliphatic rings. The maximum absolute atomic E-state index is 12.8. The maximum Gasteiger partial charge on any atom is 0.274 e. The van der Waals surface area contributed by atoms with Gasteiger partial charge in [-0.05, 0) is 24.5 Å². The first-order valence-corrected chi connectivity index (χ1v) is 7.50. The normalized spacial score (nSPS) is 12.4. The number of aryl methyl sites for hydroxylation is 1. The number of nitrogens with zero attached hydrogens (tertiary/aromatic N) is 2. The molecule has 5 heteroatoms. The molecule has 0 spiro atoms. The zero-order valence-electron chi connectivity index (χ0n) is 13.3. The van der Waals surface area contributed by atoms with Crippen LogP contribution in [0.4, 0.5) is 0 Å². The number of nitrogens with one attached hydrogen (secondary N) is 1. The first-order chi connectivity index (χ1) is 10.5. The molecule has 0 saturated carbocycles. The summed E-state index contributed by atoms with van der Waals surface area (Å²) < 4.78 is 0. The van der Waals surface area contributed by atoms with Gasteiger partial charge in [-0.2, -0.15) is 5.10 Å². The van der Waals surface area contributed by atoms with E-state index in [9.17, 15) is 9.90 Å². The number of amides is 1. The number of aromatic amines is 1. The van der Waals surface area contributed by atoms with Gasteiger partial charge in [-0.1, -0.05) is 44.2 Å². The Kier molecular flexibility index (Phi) is 5.33. The van der Waals surface area contributed by atoms with Crippen molar-refractivity contribution in [2.75, 3.05) is 6.61 Å². The molecule has 1 amide bonds. The Labute approximate surface area is 131 Å². The fourth-order valence-electron chi connectivity index (χ4n) is 2.46. The Morgan fingerprint density at radius 2 is 2.00 bits per heavy atom. The summed E-state index contributed by atoms with van der Waals surface area (Å²) in [5.74, 6) is -0.0151. The average molecular weight is 301 g/mol.